The average molecular weight is 478 g/mol. The van der Waals surface area contributed by atoms with Crippen LogP contribution in [0.2, 0.25) is 10.0 Å². The summed E-state index contributed by atoms with van der Waals surface area (Å²) in [5.74, 6) is 2.19. The number of furan rings is 1. The number of pyridine rings is 1. The quantitative estimate of drug-likeness (QED) is 0.275. The molecule has 0 amide bonds. The first-order valence-corrected chi connectivity index (χ1v) is 10.7. The van der Waals surface area contributed by atoms with Crippen LogP contribution >= 0.6 is 23.2 Å². The first-order chi connectivity index (χ1) is 16.0. The van der Waals surface area contributed by atoms with E-state index >= 15 is 0 Å². The summed E-state index contributed by atoms with van der Waals surface area (Å²) in [5.41, 5.74) is 2.88. The largest absolute Gasteiger partial charge is 0.504 e. The minimum absolute atomic E-state index is 0.0547. The molecule has 0 atom stereocenters. The van der Waals surface area contributed by atoms with Gasteiger partial charge < -0.3 is 14.3 Å². The zero-order valence-corrected chi connectivity index (χ0v) is 18.9. The van der Waals surface area contributed by atoms with E-state index in [0.29, 0.717) is 38.8 Å². The fraction of sp³-hybridized carbons (Fsp3) is 0.0400. The van der Waals surface area contributed by atoms with E-state index in [0.717, 1.165) is 16.8 Å². The summed E-state index contributed by atoms with van der Waals surface area (Å²) < 4.78 is 13.1. The smallest absolute Gasteiger partial charge is 0.165 e. The maximum atomic E-state index is 9.96. The number of fused-ring (bicyclic) bond motifs is 1. The van der Waals surface area contributed by atoms with Crippen LogP contribution in [0.4, 0.5) is 5.82 Å². The molecule has 6 nitrogen and oxygen atoms in total. The van der Waals surface area contributed by atoms with Gasteiger partial charge in [0.25, 0.3) is 0 Å². The van der Waals surface area contributed by atoms with Gasteiger partial charge in [0.2, 0.25) is 0 Å². The Balaban J connectivity index is 1.56. The summed E-state index contributed by atoms with van der Waals surface area (Å²) in [6.07, 6.45) is 3.52. The lowest BCUT2D eigenvalue weighted by atomic mass is 10.1. The van der Waals surface area contributed by atoms with Gasteiger partial charge in [0.1, 0.15) is 22.9 Å². The number of aromatic nitrogens is 2. The van der Waals surface area contributed by atoms with Crippen molar-refractivity contribution in [1.29, 1.82) is 0 Å². The number of imidazole rings is 1. The van der Waals surface area contributed by atoms with E-state index in [1.807, 2.05) is 47.0 Å². The lowest BCUT2D eigenvalue weighted by Gasteiger charge is -2.05. The molecule has 5 aromatic rings. The number of benzene rings is 2. The summed E-state index contributed by atoms with van der Waals surface area (Å²) in [6.45, 7) is 0. The van der Waals surface area contributed by atoms with Gasteiger partial charge in [0.15, 0.2) is 17.3 Å². The molecule has 5 rings (SSSR count). The molecule has 33 heavy (non-hydrogen) atoms. The number of ether oxygens (including phenoxy) is 1. The molecule has 0 bridgehead atoms. The molecule has 0 saturated carbocycles. The Hall–Kier alpha value is -3.74. The lowest BCUT2D eigenvalue weighted by molar-refractivity contribution is 0.373. The van der Waals surface area contributed by atoms with E-state index in [1.54, 1.807) is 36.5 Å². The van der Waals surface area contributed by atoms with E-state index in [4.69, 9.17) is 37.3 Å². The average Bonchev–Trinajstić information content (AvgIpc) is 3.42. The number of rotatable bonds is 5. The van der Waals surface area contributed by atoms with Crippen LogP contribution in [-0.2, 0) is 0 Å². The minimum Gasteiger partial charge on any atom is -0.504 e. The number of phenolic OH excluding ortho intramolecular Hbond substituents is 1. The van der Waals surface area contributed by atoms with Crippen LogP contribution in [0.15, 0.2) is 82.3 Å². The van der Waals surface area contributed by atoms with Gasteiger partial charge in [-0.25, -0.2) is 9.98 Å². The van der Waals surface area contributed by atoms with Gasteiger partial charge in [-0.2, -0.15) is 0 Å². The number of hydrogen-bond donors (Lipinski definition) is 1. The molecule has 0 saturated heterocycles. The summed E-state index contributed by atoms with van der Waals surface area (Å²) in [7, 11) is 1.50. The maximum absolute atomic E-state index is 9.96. The van der Waals surface area contributed by atoms with Crippen LogP contribution in [0.5, 0.6) is 11.5 Å². The van der Waals surface area contributed by atoms with Crippen molar-refractivity contribution < 1.29 is 14.3 Å². The van der Waals surface area contributed by atoms with E-state index in [2.05, 4.69) is 4.99 Å². The zero-order chi connectivity index (χ0) is 22.9. The highest BCUT2D eigenvalue weighted by molar-refractivity contribution is 6.36. The van der Waals surface area contributed by atoms with Crippen LogP contribution in [0.3, 0.4) is 0 Å². The van der Waals surface area contributed by atoms with Gasteiger partial charge >= 0.3 is 0 Å². The Morgan fingerprint density at radius 2 is 1.94 bits per heavy atom. The van der Waals surface area contributed by atoms with Crippen molar-refractivity contribution in [3.63, 3.8) is 0 Å². The molecule has 2 aromatic carbocycles. The van der Waals surface area contributed by atoms with Crippen LogP contribution in [0.25, 0.3) is 28.2 Å². The zero-order valence-electron chi connectivity index (χ0n) is 17.4. The van der Waals surface area contributed by atoms with Gasteiger partial charge in [-0.05, 0) is 60.7 Å². The van der Waals surface area contributed by atoms with Crippen LogP contribution in [0, 0.1) is 0 Å². The molecular weight excluding hydrogens is 461 g/mol. The second-order valence-corrected chi connectivity index (χ2v) is 8.03. The summed E-state index contributed by atoms with van der Waals surface area (Å²) in [4.78, 5) is 9.41. The van der Waals surface area contributed by atoms with Gasteiger partial charge in [-0.3, -0.25) is 4.40 Å². The topological polar surface area (TPSA) is 72.3 Å². The van der Waals surface area contributed by atoms with Crippen molar-refractivity contribution in [2.45, 2.75) is 0 Å². The molecule has 3 aromatic heterocycles. The van der Waals surface area contributed by atoms with Crippen molar-refractivity contribution in [3.8, 4) is 34.1 Å². The highest BCUT2D eigenvalue weighted by atomic mass is 35.5. The van der Waals surface area contributed by atoms with E-state index < -0.39 is 0 Å². The molecule has 0 radical (unpaired) electrons. The van der Waals surface area contributed by atoms with E-state index in [1.165, 1.54) is 7.11 Å². The monoisotopic (exact) mass is 477 g/mol. The number of aliphatic imine (C=N–C) groups is 1. The minimum atomic E-state index is 0.0547. The van der Waals surface area contributed by atoms with Crippen molar-refractivity contribution in [3.05, 3.63) is 88.7 Å². The molecule has 1 N–H and O–H groups in total. The highest BCUT2D eigenvalue weighted by Gasteiger charge is 2.15. The second-order valence-electron chi connectivity index (χ2n) is 7.18. The normalized spacial score (nSPS) is 11.5. The van der Waals surface area contributed by atoms with E-state index in [9.17, 15) is 5.11 Å². The first kappa shape index (κ1) is 21.1. The Morgan fingerprint density at radius 1 is 1.06 bits per heavy atom. The molecule has 8 heteroatoms. The Labute approximate surface area is 199 Å². The Bertz CT molecular complexity index is 1500. The molecule has 3 heterocycles. The number of hydrogen-bond acceptors (Lipinski definition) is 5. The molecular formula is C25H17Cl2N3O3. The standard InChI is InChI=1S/C25H17Cl2N3O3/c1-32-22-12-15(5-9-20(22)31)24-25(30-11-3-2-4-23(30)29-24)28-14-17-7-10-21(33-17)18-8-6-16(26)13-19(18)27/h2-14,31H,1H3/b28-14+. The van der Waals surface area contributed by atoms with Crippen molar-refractivity contribution in [2.24, 2.45) is 4.99 Å². The first-order valence-electron chi connectivity index (χ1n) is 9.97. The summed E-state index contributed by atoms with van der Waals surface area (Å²) >= 11 is 12.3. The molecule has 0 spiro atoms. The van der Waals surface area contributed by atoms with E-state index in [-0.39, 0.29) is 5.75 Å². The number of methoxy groups -OCH3 is 1. The molecule has 0 unspecified atom stereocenters. The number of nitrogens with zero attached hydrogens (tertiary/aromatic N) is 3. The lowest BCUT2D eigenvalue weighted by Crippen LogP contribution is -1.86. The SMILES string of the molecule is COc1cc(-c2nc3ccccn3c2/N=C/c2ccc(-c3ccc(Cl)cc3Cl)o2)ccc1O. The molecule has 164 valence electrons. The van der Waals surface area contributed by atoms with Crippen LogP contribution in [0.1, 0.15) is 5.76 Å². The number of halogens is 2. The summed E-state index contributed by atoms with van der Waals surface area (Å²) in [6, 6.07) is 19.7. The third-order valence-corrected chi connectivity index (χ3v) is 5.64. The second kappa shape index (κ2) is 8.65. The fourth-order valence-corrected chi connectivity index (χ4v) is 4.01. The Morgan fingerprint density at radius 3 is 2.76 bits per heavy atom. The van der Waals surface area contributed by atoms with Gasteiger partial charge in [-0.1, -0.05) is 29.3 Å². The van der Waals surface area contributed by atoms with Crippen molar-refractivity contribution in [2.75, 3.05) is 7.11 Å². The van der Waals surface area contributed by atoms with Gasteiger partial charge in [0, 0.05) is 22.3 Å². The maximum Gasteiger partial charge on any atom is 0.165 e. The van der Waals surface area contributed by atoms with Gasteiger partial charge in [-0.15, -0.1) is 0 Å². The number of aromatic hydroxyl groups is 1. The fourth-order valence-electron chi connectivity index (χ4n) is 3.51. The number of phenols is 1. The molecule has 0 aliphatic heterocycles. The third-order valence-electron chi connectivity index (χ3n) is 5.10. The molecule has 0 aliphatic rings. The third kappa shape index (κ3) is 4.06. The molecule has 0 fully saturated rings. The highest BCUT2D eigenvalue weighted by Crippen LogP contribution is 2.36. The van der Waals surface area contributed by atoms with Crippen LogP contribution < -0.4 is 4.74 Å². The van der Waals surface area contributed by atoms with Crippen LogP contribution in [-0.4, -0.2) is 27.8 Å². The predicted molar refractivity (Wildman–Crippen MR) is 130 cm³/mol. The molecule has 0 aliphatic carbocycles. The van der Waals surface area contributed by atoms with Crippen molar-refractivity contribution >= 4 is 40.9 Å². The Kier molecular flexibility index (Phi) is 5.54. The predicted octanol–water partition coefficient (Wildman–Crippen LogP) is 7.03. The summed E-state index contributed by atoms with van der Waals surface area (Å²) in [5, 5.41) is 11.0. The van der Waals surface area contributed by atoms with Crippen molar-refractivity contribution in [1.82, 2.24) is 9.38 Å². The van der Waals surface area contributed by atoms with Gasteiger partial charge in [0.05, 0.1) is 18.3 Å².